The molecule has 0 atom stereocenters. The number of rotatable bonds is 5. The highest BCUT2D eigenvalue weighted by molar-refractivity contribution is 6.10. The Morgan fingerprint density at radius 2 is 1.04 bits per heavy atom. The number of hydrogen-bond donors (Lipinski definition) is 0. The highest BCUT2D eigenvalue weighted by atomic mass is 16.3. The number of para-hydroxylation sites is 1. The van der Waals surface area contributed by atoms with Crippen LogP contribution in [0.2, 0.25) is 0 Å². The van der Waals surface area contributed by atoms with Gasteiger partial charge in [-0.2, -0.15) is 0 Å². The molecule has 5 aromatic carbocycles. The normalized spacial score (nSPS) is 11.5. The molecule has 0 spiro atoms. The minimum atomic E-state index is 0.549. The van der Waals surface area contributed by atoms with Gasteiger partial charge < -0.3 is 4.42 Å². The predicted octanol–water partition coefficient (Wildman–Crippen LogP) is 10.6. The molecule has 5 heterocycles. The van der Waals surface area contributed by atoms with Crippen LogP contribution in [-0.4, -0.2) is 29.9 Å². The molecule has 51 heavy (non-hydrogen) atoms. The Labute approximate surface area is 292 Å². The van der Waals surface area contributed by atoms with Gasteiger partial charge in [0.15, 0.2) is 17.5 Å². The van der Waals surface area contributed by atoms with E-state index in [-0.39, 0.29) is 0 Å². The van der Waals surface area contributed by atoms with Crippen molar-refractivity contribution in [3.63, 3.8) is 0 Å². The second-order valence-electron chi connectivity index (χ2n) is 12.4. The largest absolute Gasteiger partial charge is 0.456 e. The van der Waals surface area contributed by atoms with Gasteiger partial charge in [-0.3, -0.25) is 15.0 Å². The van der Waals surface area contributed by atoms with Gasteiger partial charge in [-0.05, 0) is 77.9 Å². The molecule has 238 valence electrons. The van der Waals surface area contributed by atoms with Gasteiger partial charge in [0.05, 0.1) is 16.7 Å². The van der Waals surface area contributed by atoms with Crippen LogP contribution in [0, 0.1) is 0 Å². The Hall–Kier alpha value is -7.12. The van der Waals surface area contributed by atoms with Crippen molar-refractivity contribution in [2.24, 2.45) is 0 Å². The second kappa shape index (κ2) is 11.8. The Bertz CT molecular complexity index is 2920. The van der Waals surface area contributed by atoms with Gasteiger partial charge in [0, 0.05) is 62.4 Å². The summed E-state index contributed by atoms with van der Waals surface area (Å²) < 4.78 is 6.25. The number of fused-ring (bicyclic) bond motifs is 6. The minimum absolute atomic E-state index is 0.549. The van der Waals surface area contributed by atoms with E-state index < -0.39 is 0 Å². The Kier molecular flexibility index (Phi) is 6.67. The Morgan fingerprint density at radius 1 is 0.373 bits per heavy atom. The highest BCUT2D eigenvalue weighted by Gasteiger charge is 2.18. The third-order valence-corrected chi connectivity index (χ3v) is 9.23. The van der Waals surface area contributed by atoms with E-state index in [1.54, 1.807) is 0 Å². The van der Waals surface area contributed by atoms with Crippen molar-refractivity contribution in [3.8, 4) is 56.5 Å². The summed E-state index contributed by atoms with van der Waals surface area (Å²) in [6.07, 6.45) is 5.44. The van der Waals surface area contributed by atoms with Crippen LogP contribution >= 0.6 is 0 Å². The van der Waals surface area contributed by atoms with Crippen LogP contribution in [0.3, 0.4) is 0 Å². The number of pyridine rings is 3. The molecule has 0 aliphatic rings. The zero-order valence-electron chi connectivity index (χ0n) is 27.1. The third-order valence-electron chi connectivity index (χ3n) is 9.23. The van der Waals surface area contributed by atoms with Gasteiger partial charge in [-0.25, -0.2) is 15.0 Å². The van der Waals surface area contributed by atoms with E-state index in [1.807, 2.05) is 104 Å². The average molecular weight is 655 g/mol. The monoisotopic (exact) mass is 654 g/mol. The maximum atomic E-state index is 6.25. The smallest absolute Gasteiger partial charge is 0.164 e. The zero-order valence-corrected chi connectivity index (χ0v) is 27.1. The summed E-state index contributed by atoms with van der Waals surface area (Å²) >= 11 is 0. The Balaban J connectivity index is 1.22. The van der Waals surface area contributed by atoms with E-state index in [0.29, 0.717) is 17.5 Å². The van der Waals surface area contributed by atoms with Gasteiger partial charge in [-0.15, -0.1) is 0 Å². The van der Waals surface area contributed by atoms with E-state index in [0.717, 1.165) is 82.8 Å². The number of hydrogen-bond acceptors (Lipinski definition) is 7. The van der Waals surface area contributed by atoms with Crippen LogP contribution in [-0.2, 0) is 0 Å². The average Bonchev–Trinajstić information content (AvgIpc) is 3.59. The molecule has 0 saturated carbocycles. The fourth-order valence-corrected chi connectivity index (χ4v) is 6.82. The molecule has 0 unspecified atom stereocenters. The van der Waals surface area contributed by atoms with Gasteiger partial charge >= 0.3 is 0 Å². The summed E-state index contributed by atoms with van der Waals surface area (Å²) in [5.74, 6) is 1.68. The first kappa shape index (κ1) is 28.9. The molecule has 10 rings (SSSR count). The molecule has 5 aromatic heterocycles. The van der Waals surface area contributed by atoms with Crippen molar-refractivity contribution in [2.75, 3.05) is 0 Å². The van der Waals surface area contributed by atoms with Gasteiger partial charge in [-0.1, -0.05) is 72.8 Å². The first-order chi connectivity index (χ1) is 25.2. The van der Waals surface area contributed by atoms with Gasteiger partial charge in [0.2, 0.25) is 0 Å². The van der Waals surface area contributed by atoms with Crippen LogP contribution in [0.1, 0.15) is 0 Å². The van der Waals surface area contributed by atoms with Crippen molar-refractivity contribution >= 4 is 43.7 Å². The van der Waals surface area contributed by atoms with Crippen molar-refractivity contribution in [2.45, 2.75) is 0 Å². The molecule has 0 fully saturated rings. The van der Waals surface area contributed by atoms with Crippen LogP contribution in [0.15, 0.2) is 163 Å². The third kappa shape index (κ3) is 5.07. The lowest BCUT2D eigenvalue weighted by Crippen LogP contribution is -2.01. The van der Waals surface area contributed by atoms with Crippen molar-refractivity contribution in [3.05, 3.63) is 158 Å². The molecule has 10 aromatic rings. The summed E-state index contributed by atoms with van der Waals surface area (Å²) in [4.78, 5) is 29.4. The number of benzene rings is 5. The quantitative estimate of drug-likeness (QED) is 0.171. The van der Waals surface area contributed by atoms with Gasteiger partial charge in [0.25, 0.3) is 0 Å². The summed E-state index contributed by atoms with van der Waals surface area (Å²) in [5.41, 5.74) is 9.72. The van der Waals surface area contributed by atoms with Crippen LogP contribution in [0.4, 0.5) is 0 Å². The first-order valence-corrected chi connectivity index (χ1v) is 16.7. The van der Waals surface area contributed by atoms with Crippen molar-refractivity contribution in [1.29, 1.82) is 0 Å². The van der Waals surface area contributed by atoms with Crippen LogP contribution < -0.4 is 0 Å². The topological polar surface area (TPSA) is 90.5 Å². The lowest BCUT2D eigenvalue weighted by Gasteiger charge is -2.14. The standard InChI is InChI=1S/C44H26N6O/c1-2-10-27(11-3-1)42-48-43(29-17-18-34-33-13-4-5-16-38(33)51-39(34)26-29)50-44(49-42)32-23-30(22-31(24-32)37-15-6-7-19-45-37)36-25-28-12-8-20-46-40(28)41-35(36)14-9-21-47-41/h1-26H. The molecule has 0 N–H and O–H groups in total. The van der Waals surface area contributed by atoms with Crippen LogP contribution in [0.25, 0.3) is 100 Å². The molecular weight excluding hydrogens is 629 g/mol. The van der Waals surface area contributed by atoms with Crippen LogP contribution in [0.5, 0.6) is 0 Å². The summed E-state index contributed by atoms with van der Waals surface area (Å²) in [6, 6.07) is 46.9. The van der Waals surface area contributed by atoms with E-state index >= 15 is 0 Å². The second-order valence-corrected chi connectivity index (χ2v) is 12.4. The number of furan rings is 1. The fraction of sp³-hybridized carbons (Fsp3) is 0. The zero-order chi connectivity index (χ0) is 33.7. The summed E-state index contributed by atoms with van der Waals surface area (Å²) in [7, 11) is 0. The molecule has 0 aliphatic heterocycles. The maximum Gasteiger partial charge on any atom is 0.164 e. The molecule has 0 amide bonds. The molecule has 7 heteroatoms. The minimum Gasteiger partial charge on any atom is -0.456 e. The van der Waals surface area contributed by atoms with Gasteiger partial charge in [0.1, 0.15) is 11.2 Å². The maximum absolute atomic E-state index is 6.25. The summed E-state index contributed by atoms with van der Waals surface area (Å²) in [5, 5.41) is 4.14. The van der Waals surface area contributed by atoms with E-state index in [9.17, 15) is 0 Å². The summed E-state index contributed by atoms with van der Waals surface area (Å²) in [6.45, 7) is 0. The van der Waals surface area contributed by atoms with Crippen molar-refractivity contribution < 1.29 is 4.42 Å². The van der Waals surface area contributed by atoms with E-state index in [4.69, 9.17) is 29.3 Å². The number of aromatic nitrogens is 6. The molecule has 7 nitrogen and oxygen atoms in total. The first-order valence-electron chi connectivity index (χ1n) is 16.7. The molecule has 0 radical (unpaired) electrons. The number of nitrogens with zero attached hydrogens (tertiary/aromatic N) is 6. The van der Waals surface area contributed by atoms with E-state index in [2.05, 4.69) is 59.6 Å². The predicted molar refractivity (Wildman–Crippen MR) is 203 cm³/mol. The molecule has 0 saturated heterocycles. The molecule has 0 bridgehead atoms. The lowest BCUT2D eigenvalue weighted by molar-refractivity contribution is 0.669. The SMILES string of the molecule is c1ccc(-c2nc(-c3cc(-c4ccccn4)cc(-c4cc5cccnc5c5ncccc45)c3)nc(-c3ccc4c(c3)oc3ccccc34)n2)cc1. The fourth-order valence-electron chi connectivity index (χ4n) is 6.82. The Morgan fingerprint density at radius 3 is 1.90 bits per heavy atom. The molecule has 0 aliphatic carbocycles. The van der Waals surface area contributed by atoms with Crippen molar-refractivity contribution in [1.82, 2.24) is 29.9 Å². The highest BCUT2D eigenvalue weighted by Crippen LogP contribution is 2.38. The lowest BCUT2D eigenvalue weighted by atomic mass is 9.93. The van der Waals surface area contributed by atoms with E-state index in [1.165, 1.54) is 0 Å². The molecular formula is C44H26N6O.